The first-order chi connectivity index (χ1) is 7.56. The number of hydrogen-bond acceptors (Lipinski definition) is 6. The first kappa shape index (κ1) is 15.4. The fourth-order valence-corrected chi connectivity index (χ4v) is 2.00. The second kappa shape index (κ2) is 8.51. The summed E-state index contributed by atoms with van der Waals surface area (Å²) in [5.74, 6) is 0.0148. The zero-order chi connectivity index (χ0) is 12.4. The molecule has 5 N–H and O–H groups in total. The minimum atomic E-state index is -1.32. The third-order valence-electron chi connectivity index (χ3n) is 1.86. The second-order valence-corrected chi connectivity index (χ2v) is 4.46. The number of aliphatic carboxylic acids is 1. The van der Waals surface area contributed by atoms with Gasteiger partial charge in [-0.3, -0.25) is 4.79 Å². The van der Waals surface area contributed by atoms with Gasteiger partial charge < -0.3 is 26.3 Å². The van der Waals surface area contributed by atoms with Crippen LogP contribution in [0.4, 0.5) is 0 Å². The highest BCUT2D eigenvalue weighted by atomic mass is 32.2. The molecule has 0 saturated heterocycles. The summed E-state index contributed by atoms with van der Waals surface area (Å²) in [5, 5.41) is 18.7. The molecule has 94 valence electrons. The van der Waals surface area contributed by atoms with E-state index in [0.29, 0.717) is 12.3 Å². The van der Waals surface area contributed by atoms with Crippen molar-refractivity contribution in [1.29, 1.82) is 5.41 Å². The zero-order valence-electron chi connectivity index (χ0n) is 9.36. The summed E-state index contributed by atoms with van der Waals surface area (Å²) in [6, 6.07) is 0. The van der Waals surface area contributed by atoms with E-state index in [-0.39, 0.29) is 6.61 Å². The van der Waals surface area contributed by atoms with Crippen LogP contribution in [-0.4, -0.2) is 61.1 Å². The Hall–Kier alpha value is -0.630. The SMILES string of the molecule is COC[C@](N)(CSCCNCC=N)C(=O)O. The van der Waals surface area contributed by atoms with Crippen molar-refractivity contribution in [1.82, 2.24) is 5.32 Å². The van der Waals surface area contributed by atoms with Gasteiger partial charge in [-0.25, -0.2) is 0 Å². The van der Waals surface area contributed by atoms with Gasteiger partial charge in [0, 0.05) is 37.9 Å². The van der Waals surface area contributed by atoms with E-state index in [1.54, 1.807) is 0 Å². The van der Waals surface area contributed by atoms with E-state index in [4.69, 9.17) is 21.0 Å². The van der Waals surface area contributed by atoms with Crippen molar-refractivity contribution in [2.75, 3.05) is 38.3 Å². The van der Waals surface area contributed by atoms with Crippen LogP contribution in [0.2, 0.25) is 0 Å². The van der Waals surface area contributed by atoms with E-state index in [1.807, 2.05) is 0 Å². The summed E-state index contributed by atoms with van der Waals surface area (Å²) in [5.41, 5.74) is 4.37. The topological polar surface area (TPSA) is 108 Å². The molecule has 0 spiro atoms. The molecule has 0 aromatic rings. The van der Waals surface area contributed by atoms with Crippen LogP contribution in [-0.2, 0) is 9.53 Å². The van der Waals surface area contributed by atoms with E-state index in [0.717, 1.165) is 12.3 Å². The van der Waals surface area contributed by atoms with Crippen LogP contribution in [0.1, 0.15) is 0 Å². The maximum Gasteiger partial charge on any atom is 0.326 e. The Morgan fingerprint density at radius 3 is 2.94 bits per heavy atom. The Kier molecular flexibility index (Phi) is 8.18. The molecule has 0 heterocycles. The highest BCUT2D eigenvalue weighted by Crippen LogP contribution is 2.11. The molecule has 0 bridgehead atoms. The van der Waals surface area contributed by atoms with Crippen LogP contribution in [0.3, 0.4) is 0 Å². The fourth-order valence-electron chi connectivity index (χ4n) is 0.996. The van der Waals surface area contributed by atoms with Crippen molar-refractivity contribution < 1.29 is 14.6 Å². The van der Waals surface area contributed by atoms with Gasteiger partial charge in [0.25, 0.3) is 0 Å². The Morgan fingerprint density at radius 2 is 2.44 bits per heavy atom. The Bertz CT molecular complexity index is 228. The van der Waals surface area contributed by atoms with E-state index in [2.05, 4.69) is 5.32 Å². The van der Waals surface area contributed by atoms with E-state index in [1.165, 1.54) is 25.1 Å². The van der Waals surface area contributed by atoms with Crippen LogP contribution < -0.4 is 11.1 Å². The summed E-state index contributed by atoms with van der Waals surface area (Å²) in [7, 11) is 1.43. The fraction of sp³-hybridized carbons (Fsp3) is 0.778. The van der Waals surface area contributed by atoms with Crippen molar-refractivity contribution >= 4 is 23.9 Å². The summed E-state index contributed by atoms with van der Waals surface area (Å²) in [6.07, 6.45) is 1.28. The monoisotopic (exact) mass is 249 g/mol. The van der Waals surface area contributed by atoms with Gasteiger partial charge >= 0.3 is 5.97 Å². The summed E-state index contributed by atoms with van der Waals surface area (Å²) in [4.78, 5) is 10.9. The first-order valence-electron chi connectivity index (χ1n) is 4.85. The molecule has 0 aliphatic carbocycles. The zero-order valence-corrected chi connectivity index (χ0v) is 10.2. The minimum absolute atomic E-state index is 0.00323. The molecule has 0 aromatic heterocycles. The number of carbonyl (C=O) groups is 1. The van der Waals surface area contributed by atoms with Crippen LogP contribution in [0, 0.1) is 5.41 Å². The van der Waals surface area contributed by atoms with Crippen molar-refractivity contribution in [2.45, 2.75) is 5.54 Å². The van der Waals surface area contributed by atoms with Crippen LogP contribution in [0.15, 0.2) is 0 Å². The second-order valence-electron chi connectivity index (χ2n) is 3.36. The molecule has 0 aliphatic rings. The van der Waals surface area contributed by atoms with Gasteiger partial charge in [0.05, 0.1) is 6.61 Å². The number of nitrogens with one attached hydrogen (secondary N) is 2. The molecule has 0 rings (SSSR count). The van der Waals surface area contributed by atoms with Gasteiger partial charge in [0.2, 0.25) is 0 Å². The molecule has 6 nitrogen and oxygen atoms in total. The Labute approximate surface area is 99.4 Å². The lowest BCUT2D eigenvalue weighted by molar-refractivity contribution is -0.144. The predicted molar refractivity (Wildman–Crippen MR) is 65.4 cm³/mol. The number of hydrogen-bond donors (Lipinski definition) is 4. The molecule has 0 aliphatic heterocycles. The van der Waals surface area contributed by atoms with Crippen molar-refractivity contribution in [3.05, 3.63) is 0 Å². The van der Waals surface area contributed by atoms with E-state index in [9.17, 15) is 4.79 Å². The predicted octanol–water partition coefficient (Wildman–Crippen LogP) is -0.613. The normalized spacial score (nSPS) is 14.4. The lowest BCUT2D eigenvalue weighted by Crippen LogP contribution is -2.54. The van der Waals surface area contributed by atoms with Gasteiger partial charge in [0.1, 0.15) is 5.54 Å². The van der Waals surface area contributed by atoms with Crippen molar-refractivity contribution in [2.24, 2.45) is 5.73 Å². The number of rotatable bonds is 10. The maximum atomic E-state index is 10.9. The minimum Gasteiger partial charge on any atom is -0.480 e. The van der Waals surface area contributed by atoms with Gasteiger partial charge in [-0.15, -0.1) is 0 Å². The molecule has 1 atom stereocenters. The number of methoxy groups -OCH3 is 1. The van der Waals surface area contributed by atoms with Gasteiger partial charge in [0.15, 0.2) is 0 Å². The largest absolute Gasteiger partial charge is 0.480 e. The highest BCUT2D eigenvalue weighted by Gasteiger charge is 2.33. The lowest BCUT2D eigenvalue weighted by Gasteiger charge is -2.23. The molecular formula is C9H19N3O3S. The molecule has 0 unspecified atom stereocenters. The van der Waals surface area contributed by atoms with Crippen LogP contribution >= 0.6 is 11.8 Å². The first-order valence-corrected chi connectivity index (χ1v) is 6.01. The summed E-state index contributed by atoms with van der Waals surface area (Å²) in [6.45, 7) is 1.26. The number of ether oxygens (including phenoxy) is 1. The third kappa shape index (κ3) is 6.06. The quantitative estimate of drug-likeness (QED) is 0.304. The van der Waals surface area contributed by atoms with Crippen LogP contribution in [0.5, 0.6) is 0 Å². The Morgan fingerprint density at radius 1 is 1.75 bits per heavy atom. The number of nitrogens with two attached hydrogens (primary N) is 1. The van der Waals surface area contributed by atoms with E-state index < -0.39 is 11.5 Å². The average molecular weight is 249 g/mol. The number of thioether (sulfide) groups is 1. The van der Waals surface area contributed by atoms with Crippen molar-refractivity contribution in [3.8, 4) is 0 Å². The lowest BCUT2D eigenvalue weighted by atomic mass is 10.1. The molecule has 7 heteroatoms. The Balaban J connectivity index is 3.77. The summed E-state index contributed by atoms with van der Waals surface area (Å²) < 4.78 is 4.80. The van der Waals surface area contributed by atoms with Crippen LogP contribution in [0.25, 0.3) is 0 Å². The average Bonchev–Trinajstić information content (AvgIpc) is 2.23. The smallest absolute Gasteiger partial charge is 0.326 e. The summed E-state index contributed by atoms with van der Waals surface area (Å²) >= 11 is 1.46. The maximum absolute atomic E-state index is 10.9. The van der Waals surface area contributed by atoms with E-state index >= 15 is 0 Å². The van der Waals surface area contributed by atoms with Gasteiger partial charge in [-0.2, -0.15) is 11.8 Å². The standard InChI is InChI=1S/C9H19N3O3S/c1-15-6-9(11,8(13)14)7-16-5-4-12-3-2-10/h2,10,12H,3-7,11H2,1H3,(H,13,14)/t9-/m0/s1. The molecule has 0 amide bonds. The molecule has 0 fully saturated rings. The number of carboxylic acids is 1. The molecule has 0 aromatic carbocycles. The third-order valence-corrected chi connectivity index (χ3v) is 3.07. The molecular weight excluding hydrogens is 230 g/mol. The van der Waals surface area contributed by atoms with Gasteiger partial charge in [-0.1, -0.05) is 0 Å². The molecule has 16 heavy (non-hydrogen) atoms. The van der Waals surface area contributed by atoms with Crippen molar-refractivity contribution in [3.63, 3.8) is 0 Å². The number of carboxylic acid groups (broad SMARTS) is 1. The molecule has 0 radical (unpaired) electrons. The van der Waals surface area contributed by atoms with Gasteiger partial charge in [-0.05, 0) is 0 Å². The molecule has 0 saturated carbocycles. The highest BCUT2D eigenvalue weighted by molar-refractivity contribution is 7.99.